The zero-order valence-corrected chi connectivity index (χ0v) is 16.3. The Hall–Kier alpha value is -2.93. The van der Waals surface area contributed by atoms with Crippen molar-refractivity contribution in [3.63, 3.8) is 0 Å². The molecule has 0 radical (unpaired) electrons. The number of urea groups is 1. The number of ether oxygens (including phenoxy) is 3. The van der Waals surface area contributed by atoms with E-state index in [1.165, 1.54) is 5.56 Å². The van der Waals surface area contributed by atoms with Gasteiger partial charge in [-0.15, -0.1) is 0 Å². The van der Waals surface area contributed by atoms with Crippen LogP contribution in [0, 0.1) is 0 Å². The van der Waals surface area contributed by atoms with E-state index in [0.717, 1.165) is 62.0 Å². The maximum absolute atomic E-state index is 12.7. The van der Waals surface area contributed by atoms with Gasteiger partial charge in [-0.25, -0.2) is 4.79 Å². The van der Waals surface area contributed by atoms with Crippen molar-refractivity contribution in [1.82, 2.24) is 15.1 Å². The molecule has 2 aromatic rings. The number of para-hydroxylation sites is 1. The van der Waals surface area contributed by atoms with Gasteiger partial charge in [0.05, 0.1) is 6.04 Å². The third-order valence-corrected chi connectivity index (χ3v) is 5.71. The van der Waals surface area contributed by atoms with Crippen molar-refractivity contribution in [2.45, 2.75) is 19.0 Å². The number of piperazine rings is 1. The summed E-state index contributed by atoms with van der Waals surface area (Å²) in [5.74, 6) is 2.55. The number of hydrogen-bond donors (Lipinski definition) is 1. The Bertz CT molecular complexity index is 895. The van der Waals surface area contributed by atoms with E-state index in [1.807, 2.05) is 35.2 Å². The van der Waals surface area contributed by atoms with Crippen LogP contribution in [-0.2, 0) is 13.0 Å². The molecule has 3 aliphatic heterocycles. The van der Waals surface area contributed by atoms with Gasteiger partial charge in [0.2, 0.25) is 6.79 Å². The third-order valence-electron chi connectivity index (χ3n) is 5.71. The van der Waals surface area contributed by atoms with Crippen molar-refractivity contribution in [1.29, 1.82) is 0 Å². The van der Waals surface area contributed by atoms with E-state index in [-0.39, 0.29) is 12.1 Å². The average molecular weight is 395 g/mol. The summed E-state index contributed by atoms with van der Waals surface area (Å²) in [4.78, 5) is 16.9. The van der Waals surface area contributed by atoms with E-state index in [4.69, 9.17) is 14.2 Å². The number of carbonyl (C=O) groups excluding carboxylic acids is 1. The molecule has 0 spiro atoms. The molecule has 1 fully saturated rings. The van der Waals surface area contributed by atoms with Crippen LogP contribution in [0.15, 0.2) is 42.5 Å². The van der Waals surface area contributed by atoms with Gasteiger partial charge in [0.1, 0.15) is 12.4 Å². The van der Waals surface area contributed by atoms with E-state index >= 15 is 0 Å². The second-order valence-corrected chi connectivity index (χ2v) is 7.72. The highest BCUT2D eigenvalue weighted by atomic mass is 16.7. The molecule has 3 heterocycles. The predicted octanol–water partition coefficient (Wildman–Crippen LogP) is 2.25. The molecule has 0 bridgehead atoms. The average Bonchev–Trinajstić information content (AvgIpc) is 3.22. The summed E-state index contributed by atoms with van der Waals surface area (Å²) in [6.07, 6.45) is 0.812. The number of hydrogen-bond acceptors (Lipinski definition) is 5. The van der Waals surface area contributed by atoms with Crippen LogP contribution in [0.2, 0.25) is 0 Å². The van der Waals surface area contributed by atoms with Crippen LogP contribution in [0.25, 0.3) is 0 Å². The topological polar surface area (TPSA) is 63.3 Å². The number of nitrogens with one attached hydrogen (secondary N) is 1. The maximum Gasteiger partial charge on any atom is 0.317 e. The van der Waals surface area contributed by atoms with E-state index in [0.29, 0.717) is 13.4 Å². The number of nitrogens with zero attached hydrogens (tertiary/aromatic N) is 2. The normalized spacial score (nSPS) is 20.7. The molecule has 5 rings (SSSR count). The van der Waals surface area contributed by atoms with Crippen LogP contribution in [0.4, 0.5) is 4.79 Å². The molecule has 152 valence electrons. The molecule has 0 aliphatic carbocycles. The molecule has 1 saturated heterocycles. The van der Waals surface area contributed by atoms with Gasteiger partial charge in [-0.2, -0.15) is 0 Å². The molecule has 2 amide bonds. The zero-order chi connectivity index (χ0) is 19.6. The van der Waals surface area contributed by atoms with Crippen molar-refractivity contribution >= 4 is 6.03 Å². The van der Waals surface area contributed by atoms with Gasteiger partial charge < -0.3 is 24.4 Å². The lowest BCUT2D eigenvalue weighted by Crippen LogP contribution is -2.54. The fourth-order valence-corrected chi connectivity index (χ4v) is 4.09. The number of fused-ring (bicyclic) bond motifs is 2. The molecule has 1 unspecified atom stereocenters. The lowest BCUT2D eigenvalue weighted by atomic mass is 10.0. The molecule has 3 aliphatic rings. The van der Waals surface area contributed by atoms with Crippen molar-refractivity contribution in [2.75, 3.05) is 39.6 Å². The number of rotatable bonds is 3. The monoisotopic (exact) mass is 395 g/mol. The van der Waals surface area contributed by atoms with Gasteiger partial charge in [0.25, 0.3) is 0 Å². The molecular weight excluding hydrogens is 370 g/mol. The molecule has 0 saturated carbocycles. The Morgan fingerprint density at radius 3 is 2.69 bits per heavy atom. The van der Waals surface area contributed by atoms with E-state index in [9.17, 15) is 4.79 Å². The van der Waals surface area contributed by atoms with Crippen molar-refractivity contribution in [3.05, 3.63) is 53.6 Å². The summed E-state index contributed by atoms with van der Waals surface area (Å²) in [7, 11) is 0. The zero-order valence-electron chi connectivity index (χ0n) is 16.3. The van der Waals surface area contributed by atoms with E-state index in [1.54, 1.807) is 0 Å². The van der Waals surface area contributed by atoms with Crippen molar-refractivity contribution < 1.29 is 19.0 Å². The molecule has 1 atom stereocenters. The highest BCUT2D eigenvalue weighted by Crippen LogP contribution is 2.32. The molecule has 7 heteroatoms. The minimum Gasteiger partial charge on any atom is -0.491 e. The van der Waals surface area contributed by atoms with E-state index < -0.39 is 0 Å². The maximum atomic E-state index is 12.7. The lowest BCUT2D eigenvalue weighted by molar-refractivity contribution is 0.129. The largest absolute Gasteiger partial charge is 0.491 e. The second-order valence-electron chi connectivity index (χ2n) is 7.72. The molecule has 7 nitrogen and oxygen atoms in total. The summed E-state index contributed by atoms with van der Waals surface area (Å²) >= 11 is 0. The Kier molecular flexibility index (Phi) is 4.89. The number of benzene rings is 2. The van der Waals surface area contributed by atoms with E-state index in [2.05, 4.69) is 22.3 Å². The van der Waals surface area contributed by atoms with Gasteiger partial charge in [-0.05, 0) is 35.7 Å². The number of carbonyl (C=O) groups is 1. The standard InChI is InChI=1S/C22H25N3O4/c26-22(23-18-12-17-3-1-2-4-19(17)27-14-18)25-9-7-24(8-10-25)13-16-5-6-20-21(11-16)29-15-28-20/h1-6,11,18H,7-10,12-15H2,(H,23,26). The summed E-state index contributed by atoms with van der Waals surface area (Å²) in [6.45, 7) is 4.81. The molecule has 1 N–H and O–H groups in total. The van der Waals surface area contributed by atoms with Gasteiger partial charge in [-0.1, -0.05) is 24.3 Å². The van der Waals surface area contributed by atoms with Gasteiger partial charge in [-0.3, -0.25) is 4.90 Å². The van der Waals surface area contributed by atoms with Crippen LogP contribution in [0.5, 0.6) is 17.2 Å². The first-order valence-electron chi connectivity index (χ1n) is 10.1. The summed E-state index contributed by atoms with van der Waals surface area (Å²) in [5, 5.41) is 3.14. The Balaban J connectivity index is 1.11. The highest BCUT2D eigenvalue weighted by Gasteiger charge is 2.26. The Labute approximate surface area is 170 Å². The predicted molar refractivity (Wildman–Crippen MR) is 107 cm³/mol. The molecule has 0 aromatic heterocycles. The summed E-state index contributed by atoms with van der Waals surface area (Å²) in [6, 6.07) is 14.1. The second kappa shape index (κ2) is 7.83. The lowest BCUT2D eigenvalue weighted by Gasteiger charge is -2.36. The molecule has 2 aromatic carbocycles. The van der Waals surface area contributed by atoms with Crippen LogP contribution >= 0.6 is 0 Å². The molecule has 29 heavy (non-hydrogen) atoms. The van der Waals surface area contributed by atoms with Crippen molar-refractivity contribution in [3.8, 4) is 17.2 Å². The van der Waals surface area contributed by atoms with Gasteiger partial charge >= 0.3 is 6.03 Å². The van der Waals surface area contributed by atoms with Crippen LogP contribution < -0.4 is 19.5 Å². The fourth-order valence-electron chi connectivity index (χ4n) is 4.09. The smallest absolute Gasteiger partial charge is 0.317 e. The highest BCUT2D eigenvalue weighted by molar-refractivity contribution is 5.74. The van der Waals surface area contributed by atoms with Gasteiger partial charge in [0, 0.05) is 32.7 Å². The van der Waals surface area contributed by atoms with Crippen LogP contribution in [0.1, 0.15) is 11.1 Å². The first-order chi connectivity index (χ1) is 14.2. The van der Waals surface area contributed by atoms with Crippen molar-refractivity contribution in [2.24, 2.45) is 0 Å². The Morgan fingerprint density at radius 1 is 0.966 bits per heavy atom. The first-order valence-corrected chi connectivity index (χ1v) is 10.1. The molecular formula is C22H25N3O4. The van der Waals surface area contributed by atoms with Crippen LogP contribution in [0.3, 0.4) is 0 Å². The first kappa shape index (κ1) is 18.1. The van der Waals surface area contributed by atoms with Crippen LogP contribution in [-0.4, -0.2) is 61.5 Å². The summed E-state index contributed by atoms with van der Waals surface area (Å²) < 4.78 is 16.6. The third kappa shape index (κ3) is 3.96. The minimum absolute atomic E-state index is 0.000658. The number of amides is 2. The summed E-state index contributed by atoms with van der Waals surface area (Å²) in [5.41, 5.74) is 2.35. The Morgan fingerprint density at radius 2 is 1.79 bits per heavy atom. The quantitative estimate of drug-likeness (QED) is 0.864. The minimum atomic E-state index is 0.000658. The SMILES string of the molecule is O=C(NC1COc2ccccc2C1)N1CCN(Cc2ccc3c(c2)OCO3)CC1. The fraction of sp³-hybridized carbons (Fsp3) is 0.409. The van der Waals surface area contributed by atoms with Gasteiger partial charge in [0.15, 0.2) is 11.5 Å².